The largest absolute Gasteiger partial charge is 0.485 e. The lowest BCUT2D eigenvalue weighted by atomic mass is 10.1. The number of nitrogens with zero attached hydrogens (tertiary/aromatic N) is 1. The molecule has 0 aliphatic heterocycles. The highest BCUT2D eigenvalue weighted by Gasteiger charge is 2.13. The molecule has 126 valence electrons. The van der Waals surface area contributed by atoms with Crippen LogP contribution in [0.4, 0.5) is 5.82 Å². The third-order valence-electron chi connectivity index (χ3n) is 3.77. The van der Waals surface area contributed by atoms with Crippen molar-refractivity contribution in [2.75, 3.05) is 5.32 Å². The van der Waals surface area contributed by atoms with Gasteiger partial charge in [0.25, 0.3) is 5.91 Å². The second-order valence-electron chi connectivity index (χ2n) is 5.50. The van der Waals surface area contributed by atoms with Crippen LogP contribution in [0.15, 0.2) is 66.9 Å². The van der Waals surface area contributed by atoms with Crippen LogP contribution in [0, 0.1) is 6.92 Å². The first-order valence-corrected chi connectivity index (χ1v) is 8.21. The first-order valence-electron chi connectivity index (χ1n) is 7.83. The van der Waals surface area contributed by atoms with Gasteiger partial charge in [-0.3, -0.25) is 4.79 Å². The minimum absolute atomic E-state index is 0.329. The molecular weight excluding hydrogens is 336 g/mol. The molecule has 4 nitrogen and oxygen atoms in total. The average molecular weight is 353 g/mol. The summed E-state index contributed by atoms with van der Waals surface area (Å²) in [7, 11) is 0. The number of aryl methyl sites for hydroxylation is 1. The van der Waals surface area contributed by atoms with Crippen LogP contribution >= 0.6 is 11.6 Å². The molecule has 1 amide bonds. The van der Waals surface area contributed by atoms with E-state index < -0.39 is 0 Å². The van der Waals surface area contributed by atoms with Crippen molar-refractivity contribution in [1.29, 1.82) is 0 Å². The zero-order valence-electron chi connectivity index (χ0n) is 13.7. The van der Waals surface area contributed by atoms with Crippen molar-refractivity contribution >= 4 is 23.3 Å². The molecule has 0 bridgehead atoms. The number of aromatic nitrogens is 1. The second kappa shape index (κ2) is 7.81. The highest BCUT2D eigenvalue weighted by molar-refractivity contribution is 6.34. The maximum absolute atomic E-state index is 12.4. The Hall–Kier alpha value is -2.85. The molecule has 0 fully saturated rings. The molecule has 1 aromatic heterocycles. The number of carbonyl (C=O) groups is 1. The molecule has 25 heavy (non-hydrogen) atoms. The fraction of sp³-hybridized carbons (Fsp3) is 0.100. The van der Waals surface area contributed by atoms with E-state index in [1.54, 1.807) is 42.6 Å². The number of rotatable bonds is 5. The van der Waals surface area contributed by atoms with Gasteiger partial charge >= 0.3 is 0 Å². The molecular formula is C20H17ClN2O2. The van der Waals surface area contributed by atoms with Gasteiger partial charge in [-0.05, 0) is 42.3 Å². The smallest absolute Gasteiger partial charge is 0.258 e. The minimum atomic E-state index is -0.329. The average Bonchev–Trinajstić information content (AvgIpc) is 2.62. The second-order valence-corrected chi connectivity index (χ2v) is 5.91. The van der Waals surface area contributed by atoms with Crippen molar-refractivity contribution in [2.24, 2.45) is 0 Å². The summed E-state index contributed by atoms with van der Waals surface area (Å²) < 4.78 is 5.86. The van der Waals surface area contributed by atoms with Crippen LogP contribution in [0.3, 0.4) is 0 Å². The van der Waals surface area contributed by atoms with Crippen LogP contribution in [0.5, 0.6) is 5.75 Å². The highest BCUT2D eigenvalue weighted by Crippen LogP contribution is 2.24. The summed E-state index contributed by atoms with van der Waals surface area (Å²) in [4.78, 5) is 16.6. The maximum atomic E-state index is 12.4. The number of amides is 1. The van der Waals surface area contributed by atoms with Crippen LogP contribution in [-0.4, -0.2) is 10.9 Å². The van der Waals surface area contributed by atoms with Crippen LogP contribution in [-0.2, 0) is 6.61 Å². The lowest BCUT2D eigenvalue weighted by Gasteiger charge is -2.13. The summed E-state index contributed by atoms with van der Waals surface area (Å²) >= 11 is 6.07. The zero-order valence-corrected chi connectivity index (χ0v) is 14.5. The summed E-state index contributed by atoms with van der Waals surface area (Å²) in [6.07, 6.45) is 1.60. The quantitative estimate of drug-likeness (QED) is 0.712. The molecule has 0 aliphatic rings. The van der Waals surface area contributed by atoms with E-state index in [0.717, 1.165) is 11.1 Å². The van der Waals surface area contributed by atoms with E-state index in [1.165, 1.54) is 0 Å². The molecule has 0 radical (unpaired) electrons. The van der Waals surface area contributed by atoms with E-state index in [-0.39, 0.29) is 5.91 Å². The summed E-state index contributed by atoms with van der Waals surface area (Å²) in [5.74, 6) is 0.539. The van der Waals surface area contributed by atoms with Gasteiger partial charge in [-0.1, -0.05) is 48.0 Å². The van der Waals surface area contributed by atoms with Gasteiger partial charge in [-0.15, -0.1) is 0 Å². The van der Waals surface area contributed by atoms with Gasteiger partial charge in [0.2, 0.25) is 0 Å². The van der Waals surface area contributed by atoms with E-state index >= 15 is 0 Å². The Morgan fingerprint density at radius 2 is 1.84 bits per heavy atom. The molecule has 0 saturated heterocycles. The van der Waals surface area contributed by atoms with Gasteiger partial charge in [0, 0.05) is 6.20 Å². The standard InChI is InChI=1S/C20H17ClN2O2/c1-14-7-2-3-8-15(14)13-25-18-11-6-12-22-19(18)23-20(24)16-9-4-5-10-17(16)21/h2-12H,13H2,1H3,(H,22,23,24). The van der Waals surface area contributed by atoms with Gasteiger partial charge in [0.1, 0.15) is 6.61 Å². The van der Waals surface area contributed by atoms with Gasteiger partial charge < -0.3 is 10.1 Å². The lowest BCUT2D eigenvalue weighted by molar-refractivity contribution is 0.102. The first-order chi connectivity index (χ1) is 12.1. The number of benzene rings is 2. The van der Waals surface area contributed by atoms with Crippen molar-refractivity contribution in [3.8, 4) is 5.75 Å². The third-order valence-corrected chi connectivity index (χ3v) is 4.10. The molecule has 3 rings (SSSR count). The van der Waals surface area contributed by atoms with Crippen molar-refractivity contribution in [1.82, 2.24) is 4.98 Å². The molecule has 5 heteroatoms. The monoisotopic (exact) mass is 352 g/mol. The molecule has 3 aromatic rings. The molecule has 0 aliphatic carbocycles. The zero-order chi connectivity index (χ0) is 17.6. The fourth-order valence-electron chi connectivity index (χ4n) is 2.35. The predicted octanol–water partition coefficient (Wildman–Crippen LogP) is 4.87. The van der Waals surface area contributed by atoms with E-state index in [0.29, 0.717) is 28.8 Å². The van der Waals surface area contributed by atoms with Crippen molar-refractivity contribution < 1.29 is 9.53 Å². The van der Waals surface area contributed by atoms with Crippen molar-refractivity contribution in [3.63, 3.8) is 0 Å². The van der Waals surface area contributed by atoms with E-state index in [9.17, 15) is 4.79 Å². The molecule has 0 saturated carbocycles. The molecule has 0 spiro atoms. The van der Waals surface area contributed by atoms with Crippen LogP contribution in [0.2, 0.25) is 5.02 Å². The first kappa shape index (κ1) is 17.0. The van der Waals surface area contributed by atoms with E-state index in [4.69, 9.17) is 16.3 Å². The SMILES string of the molecule is Cc1ccccc1COc1cccnc1NC(=O)c1ccccc1Cl. The Morgan fingerprint density at radius 3 is 2.64 bits per heavy atom. The van der Waals surface area contributed by atoms with Crippen molar-refractivity contribution in [3.05, 3.63) is 88.6 Å². The number of pyridine rings is 1. The number of carbonyl (C=O) groups excluding carboxylic acids is 1. The van der Waals surface area contributed by atoms with Gasteiger partial charge in [0.15, 0.2) is 11.6 Å². The Kier molecular flexibility index (Phi) is 5.31. The number of nitrogens with one attached hydrogen (secondary N) is 1. The van der Waals surface area contributed by atoms with E-state index in [2.05, 4.69) is 10.3 Å². The number of ether oxygens (including phenoxy) is 1. The summed E-state index contributed by atoms with van der Waals surface area (Å²) in [6.45, 7) is 2.43. The molecule has 0 atom stereocenters. The number of hydrogen-bond acceptors (Lipinski definition) is 3. The molecule has 0 unspecified atom stereocenters. The molecule has 1 heterocycles. The van der Waals surface area contributed by atoms with Gasteiger partial charge in [0.05, 0.1) is 10.6 Å². The number of halogens is 1. The Bertz CT molecular complexity index is 896. The molecule has 1 N–H and O–H groups in total. The van der Waals surface area contributed by atoms with Gasteiger partial charge in [-0.25, -0.2) is 4.98 Å². The summed E-state index contributed by atoms with van der Waals surface area (Å²) in [6, 6.07) is 18.4. The van der Waals surface area contributed by atoms with Gasteiger partial charge in [-0.2, -0.15) is 0 Å². The van der Waals surface area contributed by atoms with E-state index in [1.807, 2.05) is 31.2 Å². The van der Waals surface area contributed by atoms with Crippen LogP contribution in [0.1, 0.15) is 21.5 Å². The highest BCUT2D eigenvalue weighted by atomic mass is 35.5. The predicted molar refractivity (Wildman–Crippen MR) is 99.2 cm³/mol. The van der Waals surface area contributed by atoms with Crippen LogP contribution < -0.4 is 10.1 Å². The summed E-state index contributed by atoms with van der Waals surface area (Å²) in [5.41, 5.74) is 2.61. The Morgan fingerprint density at radius 1 is 1.08 bits per heavy atom. The Balaban J connectivity index is 1.76. The number of hydrogen-bond donors (Lipinski definition) is 1. The Labute approximate surface area is 151 Å². The molecule has 2 aromatic carbocycles. The third kappa shape index (κ3) is 4.17. The minimum Gasteiger partial charge on any atom is -0.485 e. The normalized spacial score (nSPS) is 10.3. The summed E-state index contributed by atoms with van der Waals surface area (Å²) in [5, 5.41) is 3.15. The van der Waals surface area contributed by atoms with Crippen LogP contribution in [0.25, 0.3) is 0 Å². The topological polar surface area (TPSA) is 51.2 Å². The maximum Gasteiger partial charge on any atom is 0.258 e. The fourth-order valence-corrected chi connectivity index (χ4v) is 2.57. The van der Waals surface area contributed by atoms with Crippen molar-refractivity contribution in [2.45, 2.75) is 13.5 Å². The lowest BCUT2D eigenvalue weighted by Crippen LogP contribution is -2.14. The number of anilines is 1.